The Bertz CT molecular complexity index is 1970. The quantitative estimate of drug-likeness (QED) is 0.180. The van der Waals surface area contributed by atoms with Crippen LogP contribution in [0, 0.1) is 0 Å². The van der Waals surface area contributed by atoms with Crippen LogP contribution in [-0.4, -0.2) is 16.2 Å². The minimum Gasteiger partial charge on any atom is -0.497 e. The van der Waals surface area contributed by atoms with Gasteiger partial charge in [-0.2, -0.15) is 0 Å². The third kappa shape index (κ3) is 8.16. The van der Waals surface area contributed by atoms with Crippen LogP contribution in [0.1, 0.15) is 11.1 Å². The topological polar surface area (TPSA) is 53.2 Å². The molecule has 220 valence electrons. The van der Waals surface area contributed by atoms with E-state index in [9.17, 15) is 9.59 Å². The molecule has 6 aromatic rings. The number of hydrogen-bond donors (Lipinski definition) is 0. The summed E-state index contributed by atoms with van der Waals surface area (Å²) in [5, 5.41) is 1.35. The van der Waals surface area contributed by atoms with Crippen LogP contribution in [0.4, 0.5) is 0 Å². The monoisotopic (exact) mass is 620 g/mol. The fraction of sp³-hybridized carbons (Fsp3) is 0.0811. The minimum atomic E-state index is -0.0396. The summed E-state index contributed by atoms with van der Waals surface area (Å²) in [5.41, 5.74) is 6.08. The zero-order chi connectivity index (χ0) is 30.9. The molecule has 2 aromatic heterocycles. The third-order valence-corrected chi connectivity index (χ3v) is 7.45. The first kappa shape index (κ1) is 30.6. The van der Waals surface area contributed by atoms with Crippen molar-refractivity contribution in [2.24, 2.45) is 0 Å². The van der Waals surface area contributed by atoms with Gasteiger partial charge in [-0.05, 0) is 81.9 Å². The molecule has 0 atom stereocenters. The lowest BCUT2D eigenvalue weighted by Gasteiger charge is -2.09. The van der Waals surface area contributed by atoms with Crippen LogP contribution < -0.4 is 15.9 Å². The Morgan fingerprint density at radius 1 is 0.523 bits per heavy atom. The van der Waals surface area contributed by atoms with Crippen molar-refractivity contribution in [3.63, 3.8) is 0 Å². The van der Waals surface area contributed by atoms with Crippen molar-refractivity contribution in [3.8, 4) is 28.0 Å². The number of methoxy groups -OCH3 is 1. The van der Waals surface area contributed by atoms with Crippen molar-refractivity contribution < 1.29 is 4.74 Å². The molecule has 0 radical (unpaired) electrons. The van der Waals surface area contributed by atoms with Gasteiger partial charge in [0.05, 0.1) is 20.2 Å². The van der Waals surface area contributed by atoms with Crippen molar-refractivity contribution in [2.45, 2.75) is 13.1 Å². The van der Waals surface area contributed by atoms with Gasteiger partial charge in [0.2, 0.25) is 0 Å². The maximum Gasteiger partial charge on any atom is 0.250 e. The molecule has 0 aliphatic rings. The van der Waals surface area contributed by atoms with Crippen molar-refractivity contribution >= 4 is 23.2 Å². The zero-order valence-electron chi connectivity index (χ0n) is 24.1. The summed E-state index contributed by atoms with van der Waals surface area (Å²) in [7, 11) is 1.64. The van der Waals surface area contributed by atoms with Gasteiger partial charge in [0.25, 0.3) is 11.1 Å². The summed E-state index contributed by atoms with van der Waals surface area (Å²) >= 11 is 12.0. The standard InChI is InChI=1S/C19H16ClNO2.C18H14ClNO/c1-23-18-8-5-15(6-9-18)16-7-10-19(22)21(13-16)12-14-3-2-4-17(20)11-14;19-17-8-4-5-14(11-17)12-20-13-16(9-10-18(20)21)15-6-2-1-3-7-15/h2-11,13H,12H2,1H3;1-11,13H,12H2. The average Bonchev–Trinajstić information content (AvgIpc) is 3.04. The van der Waals surface area contributed by atoms with Crippen LogP contribution in [0.15, 0.2) is 149 Å². The third-order valence-electron chi connectivity index (χ3n) is 6.98. The molecule has 0 N–H and O–H groups in total. The molecule has 0 bridgehead atoms. The molecule has 0 fully saturated rings. The van der Waals surface area contributed by atoms with E-state index in [-0.39, 0.29) is 11.1 Å². The van der Waals surface area contributed by atoms with E-state index in [0.29, 0.717) is 23.1 Å². The molecule has 0 unspecified atom stereocenters. The molecule has 5 nitrogen and oxygen atoms in total. The Morgan fingerprint density at radius 3 is 1.43 bits per heavy atom. The summed E-state index contributed by atoms with van der Waals surface area (Å²) in [6, 6.07) is 39.7. The average molecular weight is 622 g/mol. The molecule has 0 saturated heterocycles. The van der Waals surface area contributed by atoms with E-state index in [1.807, 2.05) is 128 Å². The highest BCUT2D eigenvalue weighted by atomic mass is 35.5. The Kier molecular flexibility index (Phi) is 10.1. The van der Waals surface area contributed by atoms with Crippen LogP contribution >= 0.6 is 23.2 Å². The molecule has 7 heteroatoms. The highest BCUT2D eigenvalue weighted by molar-refractivity contribution is 6.30. The molecule has 0 aliphatic carbocycles. The van der Waals surface area contributed by atoms with Gasteiger partial charge in [-0.15, -0.1) is 0 Å². The lowest BCUT2D eigenvalue weighted by atomic mass is 10.1. The summed E-state index contributed by atoms with van der Waals surface area (Å²) in [5.74, 6) is 0.806. The normalized spacial score (nSPS) is 10.5. The number of halogens is 2. The molecule has 0 aliphatic heterocycles. The van der Waals surface area contributed by atoms with Crippen LogP contribution in [0.3, 0.4) is 0 Å². The predicted molar refractivity (Wildman–Crippen MR) is 180 cm³/mol. The summed E-state index contributed by atoms with van der Waals surface area (Å²) in [6.45, 7) is 1.00. The van der Waals surface area contributed by atoms with E-state index < -0.39 is 0 Å². The fourth-order valence-electron chi connectivity index (χ4n) is 4.73. The van der Waals surface area contributed by atoms with E-state index in [4.69, 9.17) is 27.9 Å². The first-order chi connectivity index (χ1) is 21.4. The zero-order valence-corrected chi connectivity index (χ0v) is 25.6. The fourth-order valence-corrected chi connectivity index (χ4v) is 5.16. The number of aromatic nitrogens is 2. The van der Waals surface area contributed by atoms with Crippen molar-refractivity contribution in [1.29, 1.82) is 0 Å². The first-order valence-electron chi connectivity index (χ1n) is 14.0. The van der Waals surface area contributed by atoms with E-state index in [1.54, 1.807) is 28.4 Å². The second kappa shape index (κ2) is 14.6. The number of nitrogens with zero attached hydrogens (tertiary/aromatic N) is 2. The molecular formula is C37H30Cl2N2O3. The minimum absolute atomic E-state index is 0.0188. The van der Waals surface area contributed by atoms with Gasteiger partial charge in [0.1, 0.15) is 5.75 Å². The number of hydrogen-bond acceptors (Lipinski definition) is 3. The number of ether oxygens (including phenoxy) is 1. The molecule has 6 rings (SSSR count). The largest absolute Gasteiger partial charge is 0.497 e. The molecule has 2 heterocycles. The van der Waals surface area contributed by atoms with Gasteiger partial charge in [-0.3, -0.25) is 9.59 Å². The summed E-state index contributed by atoms with van der Waals surface area (Å²) in [4.78, 5) is 24.1. The predicted octanol–water partition coefficient (Wildman–Crippen LogP) is 8.44. The SMILES string of the molecule is COc1ccc(-c2ccc(=O)n(Cc3cccc(Cl)c3)c2)cc1.O=c1ccc(-c2ccccc2)cn1Cc1cccc(Cl)c1. The number of rotatable bonds is 7. The number of benzene rings is 4. The van der Waals surface area contributed by atoms with Crippen molar-refractivity contribution in [3.05, 3.63) is 182 Å². The molecule has 0 amide bonds. The maximum atomic E-state index is 12.1. The summed E-state index contributed by atoms with van der Waals surface area (Å²) in [6.07, 6.45) is 3.75. The lowest BCUT2D eigenvalue weighted by Crippen LogP contribution is -2.19. The van der Waals surface area contributed by atoms with Gasteiger partial charge in [-0.25, -0.2) is 0 Å². The van der Waals surface area contributed by atoms with E-state index >= 15 is 0 Å². The Hall–Kier alpha value is -4.84. The van der Waals surface area contributed by atoms with Crippen LogP contribution in [0.2, 0.25) is 10.0 Å². The smallest absolute Gasteiger partial charge is 0.250 e. The molecule has 0 spiro atoms. The summed E-state index contributed by atoms with van der Waals surface area (Å²) < 4.78 is 8.56. The molecular weight excluding hydrogens is 591 g/mol. The first-order valence-corrected chi connectivity index (χ1v) is 14.7. The maximum absolute atomic E-state index is 12.1. The van der Waals surface area contributed by atoms with Crippen LogP contribution in [0.5, 0.6) is 5.75 Å². The molecule has 0 saturated carbocycles. The second-order valence-electron chi connectivity index (χ2n) is 10.1. The molecule has 4 aromatic carbocycles. The highest BCUT2D eigenvalue weighted by Crippen LogP contribution is 2.22. The van der Waals surface area contributed by atoms with Crippen molar-refractivity contribution in [1.82, 2.24) is 9.13 Å². The Balaban J connectivity index is 0.000000175. The van der Waals surface area contributed by atoms with Crippen LogP contribution in [0.25, 0.3) is 22.3 Å². The Labute approximate surface area is 266 Å². The second-order valence-corrected chi connectivity index (χ2v) is 11.0. The van der Waals surface area contributed by atoms with E-state index in [1.165, 1.54) is 0 Å². The van der Waals surface area contributed by atoms with Gasteiger partial charge in [0.15, 0.2) is 0 Å². The van der Waals surface area contributed by atoms with Crippen molar-refractivity contribution in [2.75, 3.05) is 7.11 Å². The lowest BCUT2D eigenvalue weighted by molar-refractivity contribution is 0.415. The van der Waals surface area contributed by atoms with Gasteiger partial charge in [-0.1, -0.05) is 89.9 Å². The van der Waals surface area contributed by atoms with Gasteiger partial charge in [0, 0.05) is 34.6 Å². The number of pyridine rings is 2. The highest BCUT2D eigenvalue weighted by Gasteiger charge is 2.05. The van der Waals surface area contributed by atoms with Gasteiger partial charge < -0.3 is 13.9 Å². The van der Waals surface area contributed by atoms with Gasteiger partial charge >= 0.3 is 0 Å². The Morgan fingerprint density at radius 2 is 0.977 bits per heavy atom. The molecule has 44 heavy (non-hydrogen) atoms. The van der Waals surface area contributed by atoms with E-state index in [0.717, 1.165) is 39.1 Å². The van der Waals surface area contributed by atoms with E-state index in [2.05, 4.69) is 0 Å². The van der Waals surface area contributed by atoms with Crippen LogP contribution in [-0.2, 0) is 13.1 Å².